The Morgan fingerprint density at radius 1 is 1.50 bits per heavy atom. The Kier molecular flexibility index (Phi) is 5.06. The van der Waals surface area contributed by atoms with Crippen molar-refractivity contribution in [1.82, 2.24) is 5.32 Å². The number of hydrogen-bond acceptors (Lipinski definition) is 3. The third kappa shape index (κ3) is 2.88. The number of aryl methyl sites for hydroxylation is 1. The fourth-order valence-corrected chi connectivity index (χ4v) is 1.86. The molecule has 0 bridgehead atoms. The molecule has 0 radical (unpaired) electrons. The lowest BCUT2D eigenvalue weighted by molar-refractivity contribution is 0.260. The number of hydrogen-bond donors (Lipinski definition) is 2. The van der Waals surface area contributed by atoms with Crippen LogP contribution >= 0.6 is 11.6 Å². The van der Waals surface area contributed by atoms with Gasteiger partial charge in [-0.25, -0.2) is 0 Å². The minimum absolute atomic E-state index is 0.00181. The molecule has 0 aliphatic carbocycles. The zero-order valence-corrected chi connectivity index (χ0v) is 10.6. The number of aliphatic hydroxyl groups excluding tert-OH is 1. The SMILES string of the molecule is CNCC(CO)c1cc(Cl)c(C)cc1OC. The highest BCUT2D eigenvalue weighted by Crippen LogP contribution is 2.31. The lowest BCUT2D eigenvalue weighted by Crippen LogP contribution is -2.20. The predicted molar refractivity (Wildman–Crippen MR) is 66.5 cm³/mol. The van der Waals surface area contributed by atoms with Crippen molar-refractivity contribution in [3.8, 4) is 5.75 Å². The molecule has 90 valence electrons. The van der Waals surface area contributed by atoms with Crippen molar-refractivity contribution in [1.29, 1.82) is 0 Å². The minimum Gasteiger partial charge on any atom is -0.496 e. The average molecular weight is 244 g/mol. The van der Waals surface area contributed by atoms with Gasteiger partial charge in [-0.3, -0.25) is 0 Å². The van der Waals surface area contributed by atoms with Gasteiger partial charge in [0, 0.05) is 23.0 Å². The first-order chi connectivity index (χ1) is 7.63. The van der Waals surface area contributed by atoms with Crippen LogP contribution in [0.5, 0.6) is 5.75 Å². The summed E-state index contributed by atoms with van der Waals surface area (Å²) in [4.78, 5) is 0. The molecule has 0 fully saturated rings. The van der Waals surface area contributed by atoms with Crippen molar-refractivity contribution >= 4 is 11.6 Å². The highest BCUT2D eigenvalue weighted by atomic mass is 35.5. The van der Waals surface area contributed by atoms with Gasteiger partial charge in [-0.2, -0.15) is 0 Å². The summed E-state index contributed by atoms with van der Waals surface area (Å²) in [5.41, 5.74) is 1.92. The monoisotopic (exact) mass is 243 g/mol. The molecule has 4 heteroatoms. The second-order valence-corrected chi connectivity index (χ2v) is 4.19. The zero-order valence-electron chi connectivity index (χ0n) is 9.88. The van der Waals surface area contributed by atoms with Crippen LogP contribution in [0.15, 0.2) is 12.1 Å². The standard InChI is InChI=1S/C12H18ClNO2/c1-8-4-12(16-3)10(5-11(8)13)9(7-15)6-14-2/h4-5,9,14-15H,6-7H2,1-3H3. The molecular weight excluding hydrogens is 226 g/mol. The normalized spacial score (nSPS) is 12.6. The molecule has 0 spiro atoms. The number of likely N-dealkylation sites (N-methyl/N-ethyl adjacent to an activating group) is 1. The molecule has 1 aromatic carbocycles. The molecule has 1 unspecified atom stereocenters. The van der Waals surface area contributed by atoms with Gasteiger partial charge in [-0.15, -0.1) is 0 Å². The van der Waals surface area contributed by atoms with Gasteiger partial charge in [-0.05, 0) is 31.7 Å². The maximum atomic E-state index is 9.35. The van der Waals surface area contributed by atoms with Crippen LogP contribution in [0, 0.1) is 6.92 Å². The highest BCUT2D eigenvalue weighted by Gasteiger charge is 2.16. The van der Waals surface area contributed by atoms with Gasteiger partial charge in [0.05, 0.1) is 13.7 Å². The molecule has 1 atom stereocenters. The summed E-state index contributed by atoms with van der Waals surface area (Å²) in [7, 11) is 3.48. The number of ether oxygens (including phenoxy) is 1. The number of halogens is 1. The van der Waals surface area contributed by atoms with E-state index in [9.17, 15) is 5.11 Å². The Hall–Kier alpha value is -0.770. The molecule has 16 heavy (non-hydrogen) atoms. The van der Waals surface area contributed by atoms with Crippen LogP contribution in [0.25, 0.3) is 0 Å². The van der Waals surface area contributed by atoms with E-state index in [1.807, 2.05) is 26.1 Å². The van der Waals surface area contributed by atoms with Gasteiger partial charge in [0.25, 0.3) is 0 Å². The molecule has 1 rings (SSSR count). The van der Waals surface area contributed by atoms with Crippen molar-refractivity contribution in [2.75, 3.05) is 27.3 Å². The Morgan fingerprint density at radius 2 is 2.19 bits per heavy atom. The number of benzene rings is 1. The molecule has 0 amide bonds. The fraction of sp³-hybridized carbons (Fsp3) is 0.500. The van der Waals surface area contributed by atoms with E-state index in [2.05, 4.69) is 5.32 Å². The van der Waals surface area contributed by atoms with E-state index < -0.39 is 0 Å². The molecule has 2 N–H and O–H groups in total. The summed E-state index contributed by atoms with van der Waals surface area (Å²) in [6, 6.07) is 3.77. The predicted octanol–water partition coefficient (Wildman–Crippen LogP) is 1.95. The molecule has 0 saturated heterocycles. The van der Waals surface area contributed by atoms with Crippen molar-refractivity contribution < 1.29 is 9.84 Å². The highest BCUT2D eigenvalue weighted by molar-refractivity contribution is 6.31. The lowest BCUT2D eigenvalue weighted by Gasteiger charge is -2.18. The van der Waals surface area contributed by atoms with Crippen LogP contribution in [-0.4, -0.2) is 32.4 Å². The van der Waals surface area contributed by atoms with Crippen LogP contribution in [0.4, 0.5) is 0 Å². The van der Waals surface area contributed by atoms with Crippen LogP contribution < -0.4 is 10.1 Å². The van der Waals surface area contributed by atoms with Gasteiger partial charge >= 0.3 is 0 Å². The van der Waals surface area contributed by atoms with E-state index in [1.165, 1.54) is 0 Å². The first kappa shape index (κ1) is 13.3. The summed E-state index contributed by atoms with van der Waals surface area (Å²) < 4.78 is 5.31. The molecular formula is C12H18ClNO2. The number of aliphatic hydroxyl groups is 1. The number of rotatable bonds is 5. The van der Waals surface area contributed by atoms with Gasteiger partial charge in [0.15, 0.2) is 0 Å². The van der Waals surface area contributed by atoms with E-state index in [0.717, 1.165) is 16.9 Å². The number of methoxy groups -OCH3 is 1. The summed E-state index contributed by atoms with van der Waals surface area (Å²) in [6.07, 6.45) is 0. The first-order valence-corrected chi connectivity index (χ1v) is 5.61. The Bertz CT molecular complexity index is 355. The molecule has 1 aromatic rings. The third-order valence-corrected chi connectivity index (χ3v) is 3.03. The van der Waals surface area contributed by atoms with E-state index in [0.29, 0.717) is 11.6 Å². The van der Waals surface area contributed by atoms with Gasteiger partial charge in [-0.1, -0.05) is 11.6 Å². The van der Waals surface area contributed by atoms with Gasteiger partial charge in [0.2, 0.25) is 0 Å². The van der Waals surface area contributed by atoms with Crippen molar-refractivity contribution in [3.05, 3.63) is 28.3 Å². The molecule has 0 aliphatic heterocycles. The Balaban J connectivity index is 3.13. The minimum atomic E-state index is -0.00181. The average Bonchev–Trinajstić information content (AvgIpc) is 2.29. The maximum absolute atomic E-state index is 9.35. The molecule has 0 aromatic heterocycles. The summed E-state index contributed by atoms with van der Waals surface area (Å²) in [5.74, 6) is 0.772. The first-order valence-electron chi connectivity index (χ1n) is 5.23. The Morgan fingerprint density at radius 3 is 2.69 bits per heavy atom. The second kappa shape index (κ2) is 6.09. The summed E-state index contributed by atoms with van der Waals surface area (Å²) in [6.45, 7) is 2.68. The molecule has 3 nitrogen and oxygen atoms in total. The second-order valence-electron chi connectivity index (χ2n) is 3.78. The molecule has 0 saturated carbocycles. The summed E-state index contributed by atoms with van der Waals surface area (Å²) in [5, 5.41) is 13.1. The smallest absolute Gasteiger partial charge is 0.122 e. The maximum Gasteiger partial charge on any atom is 0.122 e. The third-order valence-electron chi connectivity index (χ3n) is 2.62. The quantitative estimate of drug-likeness (QED) is 0.831. The van der Waals surface area contributed by atoms with E-state index >= 15 is 0 Å². The van der Waals surface area contributed by atoms with Gasteiger partial charge in [0.1, 0.15) is 5.75 Å². The fourth-order valence-electron chi connectivity index (χ4n) is 1.69. The van der Waals surface area contributed by atoms with Crippen LogP contribution in [0.2, 0.25) is 5.02 Å². The largest absolute Gasteiger partial charge is 0.496 e. The van der Waals surface area contributed by atoms with Gasteiger partial charge < -0.3 is 15.2 Å². The Labute approximate surface area is 101 Å². The van der Waals surface area contributed by atoms with E-state index in [4.69, 9.17) is 16.3 Å². The summed E-state index contributed by atoms with van der Waals surface area (Å²) >= 11 is 6.09. The van der Waals surface area contributed by atoms with Crippen molar-refractivity contribution in [2.45, 2.75) is 12.8 Å². The van der Waals surface area contributed by atoms with Crippen molar-refractivity contribution in [2.24, 2.45) is 0 Å². The van der Waals surface area contributed by atoms with Crippen LogP contribution in [0.3, 0.4) is 0 Å². The lowest BCUT2D eigenvalue weighted by atomic mass is 9.97. The van der Waals surface area contributed by atoms with E-state index in [-0.39, 0.29) is 12.5 Å². The number of nitrogens with one attached hydrogen (secondary N) is 1. The van der Waals surface area contributed by atoms with Crippen LogP contribution in [0.1, 0.15) is 17.0 Å². The zero-order chi connectivity index (χ0) is 12.1. The van der Waals surface area contributed by atoms with E-state index in [1.54, 1.807) is 7.11 Å². The molecule has 0 aliphatic rings. The molecule has 0 heterocycles. The topological polar surface area (TPSA) is 41.5 Å². The van der Waals surface area contributed by atoms with Crippen LogP contribution in [-0.2, 0) is 0 Å². The van der Waals surface area contributed by atoms with Crippen molar-refractivity contribution in [3.63, 3.8) is 0 Å².